The molecule has 1 atom stereocenters. The third kappa shape index (κ3) is 4.63. The quantitative estimate of drug-likeness (QED) is 0.668. The first kappa shape index (κ1) is 15.0. The zero-order chi connectivity index (χ0) is 14.4. The molecule has 0 aliphatic rings. The summed E-state index contributed by atoms with van der Waals surface area (Å²) in [6.45, 7) is 5.95. The van der Waals surface area contributed by atoms with Gasteiger partial charge in [-0.05, 0) is 31.0 Å². The Morgan fingerprint density at radius 2 is 2.26 bits per heavy atom. The van der Waals surface area contributed by atoms with Crippen molar-refractivity contribution in [3.63, 3.8) is 0 Å². The molecular formula is C14H20N2O3. The lowest BCUT2D eigenvalue weighted by atomic mass is 10.1. The summed E-state index contributed by atoms with van der Waals surface area (Å²) >= 11 is 0. The van der Waals surface area contributed by atoms with E-state index in [0.29, 0.717) is 18.7 Å². The molecule has 0 bridgehead atoms. The molecule has 0 heterocycles. The normalized spacial score (nSPS) is 11.7. The minimum Gasteiger partial charge on any atom is -0.504 e. The Bertz CT molecular complexity index is 472. The van der Waals surface area contributed by atoms with Gasteiger partial charge in [0.25, 0.3) is 0 Å². The summed E-state index contributed by atoms with van der Waals surface area (Å²) in [5, 5.41) is 12.2. The Balaban J connectivity index is 2.63. The molecule has 19 heavy (non-hydrogen) atoms. The molecule has 0 radical (unpaired) electrons. The fraction of sp³-hybridized carbons (Fsp3) is 0.357. The molecule has 0 saturated carbocycles. The molecule has 104 valence electrons. The molecule has 0 unspecified atom stereocenters. The first-order chi connectivity index (χ1) is 8.93. The molecule has 0 fully saturated rings. The average Bonchev–Trinajstić information content (AvgIpc) is 2.37. The third-order valence-corrected chi connectivity index (χ3v) is 2.60. The van der Waals surface area contributed by atoms with Crippen LogP contribution in [0.2, 0.25) is 0 Å². The third-order valence-electron chi connectivity index (χ3n) is 2.60. The van der Waals surface area contributed by atoms with Crippen LogP contribution in [0.25, 0.3) is 0 Å². The highest BCUT2D eigenvalue weighted by Crippen LogP contribution is 2.26. The first-order valence-corrected chi connectivity index (χ1v) is 5.97. The standard InChI is InChI=1S/C14H20N2O3/c1-9(2)8-16-14(18)11(15)6-10-4-5-12(17)13(7-10)19-3/h4-5,7,11,17H,1,6,8,15H2,2-3H3,(H,16,18)/t11-/m0/s1. The smallest absolute Gasteiger partial charge is 0.237 e. The van der Waals surface area contributed by atoms with E-state index in [1.165, 1.54) is 13.2 Å². The number of amides is 1. The number of nitrogens with one attached hydrogen (secondary N) is 1. The van der Waals surface area contributed by atoms with Gasteiger partial charge in [-0.25, -0.2) is 0 Å². The van der Waals surface area contributed by atoms with Gasteiger partial charge in [-0.2, -0.15) is 0 Å². The van der Waals surface area contributed by atoms with Gasteiger partial charge in [-0.3, -0.25) is 4.79 Å². The lowest BCUT2D eigenvalue weighted by Crippen LogP contribution is -2.42. The summed E-state index contributed by atoms with van der Waals surface area (Å²) < 4.78 is 5.00. The monoisotopic (exact) mass is 264 g/mol. The largest absolute Gasteiger partial charge is 0.504 e. The summed E-state index contributed by atoms with van der Waals surface area (Å²) in [6.07, 6.45) is 0.374. The molecule has 0 aliphatic heterocycles. The molecule has 0 aromatic heterocycles. The highest BCUT2D eigenvalue weighted by molar-refractivity contribution is 5.82. The molecule has 5 nitrogen and oxygen atoms in total. The fourth-order valence-electron chi connectivity index (χ4n) is 1.56. The Hall–Kier alpha value is -2.01. The van der Waals surface area contributed by atoms with Crippen molar-refractivity contribution in [2.75, 3.05) is 13.7 Å². The Kier molecular flexibility index (Phi) is 5.38. The zero-order valence-electron chi connectivity index (χ0n) is 11.3. The molecule has 4 N–H and O–H groups in total. The number of benzene rings is 1. The first-order valence-electron chi connectivity index (χ1n) is 5.97. The number of carbonyl (C=O) groups is 1. The Labute approximate surface area is 113 Å². The number of phenols is 1. The molecule has 1 amide bonds. The van der Waals surface area contributed by atoms with E-state index >= 15 is 0 Å². The molecular weight excluding hydrogens is 244 g/mol. The van der Waals surface area contributed by atoms with E-state index in [2.05, 4.69) is 11.9 Å². The van der Waals surface area contributed by atoms with Crippen LogP contribution in [0, 0.1) is 0 Å². The molecule has 1 aromatic carbocycles. The summed E-state index contributed by atoms with van der Waals surface area (Å²) in [5.41, 5.74) is 7.51. The predicted molar refractivity (Wildman–Crippen MR) is 74.2 cm³/mol. The van der Waals surface area contributed by atoms with E-state index in [0.717, 1.165) is 11.1 Å². The van der Waals surface area contributed by atoms with Gasteiger partial charge in [-0.1, -0.05) is 18.2 Å². The Morgan fingerprint density at radius 1 is 1.58 bits per heavy atom. The van der Waals surface area contributed by atoms with Crippen LogP contribution >= 0.6 is 0 Å². The van der Waals surface area contributed by atoms with E-state index in [9.17, 15) is 9.90 Å². The van der Waals surface area contributed by atoms with Crippen LogP contribution in [0.1, 0.15) is 12.5 Å². The van der Waals surface area contributed by atoms with E-state index in [1.54, 1.807) is 12.1 Å². The predicted octanol–water partition coefficient (Wildman–Crippen LogP) is 0.963. The minimum absolute atomic E-state index is 0.0616. The van der Waals surface area contributed by atoms with E-state index in [4.69, 9.17) is 10.5 Å². The van der Waals surface area contributed by atoms with Crippen LogP contribution in [0.5, 0.6) is 11.5 Å². The van der Waals surface area contributed by atoms with Crippen LogP contribution in [0.15, 0.2) is 30.4 Å². The van der Waals surface area contributed by atoms with Crippen LogP contribution < -0.4 is 15.8 Å². The number of hydrogen-bond donors (Lipinski definition) is 3. The summed E-state index contributed by atoms with van der Waals surface area (Å²) in [7, 11) is 1.47. The SMILES string of the molecule is C=C(C)CNC(=O)[C@@H](N)Cc1ccc(O)c(OC)c1. The summed E-state index contributed by atoms with van der Waals surface area (Å²) in [4.78, 5) is 11.7. The minimum atomic E-state index is -0.645. The van der Waals surface area contributed by atoms with Crippen molar-refractivity contribution >= 4 is 5.91 Å². The average molecular weight is 264 g/mol. The number of rotatable bonds is 6. The number of nitrogens with two attached hydrogens (primary N) is 1. The Morgan fingerprint density at radius 3 is 2.84 bits per heavy atom. The second-order valence-electron chi connectivity index (χ2n) is 4.49. The summed E-state index contributed by atoms with van der Waals surface area (Å²) in [6, 6.07) is 4.26. The van der Waals surface area contributed by atoms with Crippen molar-refractivity contribution in [3.05, 3.63) is 35.9 Å². The number of aromatic hydroxyl groups is 1. The van der Waals surface area contributed by atoms with Crippen molar-refractivity contribution in [2.24, 2.45) is 5.73 Å². The van der Waals surface area contributed by atoms with Gasteiger partial charge >= 0.3 is 0 Å². The van der Waals surface area contributed by atoms with Crippen molar-refractivity contribution in [1.29, 1.82) is 0 Å². The van der Waals surface area contributed by atoms with Crippen molar-refractivity contribution in [2.45, 2.75) is 19.4 Å². The van der Waals surface area contributed by atoms with E-state index in [-0.39, 0.29) is 11.7 Å². The van der Waals surface area contributed by atoms with E-state index in [1.807, 2.05) is 6.92 Å². The van der Waals surface area contributed by atoms with Crippen LogP contribution in [0.3, 0.4) is 0 Å². The number of ether oxygens (including phenoxy) is 1. The molecule has 1 rings (SSSR count). The van der Waals surface area contributed by atoms with Crippen LogP contribution in [-0.4, -0.2) is 30.7 Å². The van der Waals surface area contributed by atoms with Crippen LogP contribution in [0.4, 0.5) is 0 Å². The van der Waals surface area contributed by atoms with Gasteiger partial charge in [-0.15, -0.1) is 0 Å². The summed E-state index contributed by atoms with van der Waals surface area (Å²) in [5.74, 6) is 0.202. The van der Waals surface area contributed by atoms with E-state index < -0.39 is 6.04 Å². The maximum absolute atomic E-state index is 11.7. The topological polar surface area (TPSA) is 84.6 Å². The van der Waals surface area contributed by atoms with Crippen molar-refractivity contribution in [1.82, 2.24) is 5.32 Å². The number of methoxy groups -OCH3 is 1. The number of carbonyl (C=O) groups excluding carboxylic acids is 1. The molecule has 0 aliphatic carbocycles. The maximum atomic E-state index is 11.7. The van der Waals surface area contributed by atoms with Crippen LogP contribution in [-0.2, 0) is 11.2 Å². The molecule has 0 spiro atoms. The van der Waals surface area contributed by atoms with Gasteiger partial charge in [0, 0.05) is 6.54 Å². The van der Waals surface area contributed by atoms with Crippen molar-refractivity contribution in [3.8, 4) is 11.5 Å². The van der Waals surface area contributed by atoms with Crippen molar-refractivity contribution < 1.29 is 14.6 Å². The lowest BCUT2D eigenvalue weighted by Gasteiger charge is -2.13. The fourth-order valence-corrected chi connectivity index (χ4v) is 1.56. The zero-order valence-corrected chi connectivity index (χ0v) is 11.3. The van der Waals surface area contributed by atoms with Gasteiger partial charge < -0.3 is 20.9 Å². The highest BCUT2D eigenvalue weighted by Gasteiger charge is 2.14. The maximum Gasteiger partial charge on any atom is 0.237 e. The van der Waals surface area contributed by atoms with Gasteiger partial charge in [0.15, 0.2) is 11.5 Å². The number of hydrogen-bond acceptors (Lipinski definition) is 4. The molecule has 1 aromatic rings. The second-order valence-corrected chi connectivity index (χ2v) is 4.49. The lowest BCUT2D eigenvalue weighted by molar-refractivity contribution is -0.122. The van der Waals surface area contributed by atoms with Gasteiger partial charge in [0.05, 0.1) is 13.2 Å². The van der Waals surface area contributed by atoms with Gasteiger partial charge in [0.1, 0.15) is 0 Å². The highest BCUT2D eigenvalue weighted by atomic mass is 16.5. The second kappa shape index (κ2) is 6.80. The van der Waals surface area contributed by atoms with Gasteiger partial charge in [0.2, 0.25) is 5.91 Å². The molecule has 5 heteroatoms. The molecule has 0 saturated heterocycles. The number of phenolic OH excluding ortho intramolecular Hbond substituents is 1.